The van der Waals surface area contributed by atoms with Gasteiger partial charge in [-0.25, -0.2) is 13.6 Å². The minimum Gasteiger partial charge on any atom is -0.464 e. The topological polar surface area (TPSA) is 55.0 Å². The molecule has 1 saturated carbocycles. The number of esters is 1. The highest BCUT2D eigenvalue weighted by Crippen LogP contribution is 2.52. The Morgan fingerprint density at radius 2 is 2.33 bits per heavy atom. The van der Waals surface area contributed by atoms with Crippen molar-refractivity contribution in [3.05, 3.63) is 17.5 Å². The maximum absolute atomic E-state index is 12.7. The van der Waals surface area contributed by atoms with Gasteiger partial charge in [0, 0.05) is 0 Å². The number of hydrogen-bond donors (Lipinski definition) is 1. The third kappa shape index (κ3) is 1.49. The zero-order valence-corrected chi connectivity index (χ0v) is 8.09. The second-order valence-electron chi connectivity index (χ2n) is 3.62. The average Bonchev–Trinajstić information content (AvgIpc) is 2.90. The fraction of sp³-hybridized carbons (Fsp3) is 0.556. The van der Waals surface area contributed by atoms with Gasteiger partial charge in [0.05, 0.1) is 18.2 Å². The molecule has 0 radical (unpaired) electrons. The van der Waals surface area contributed by atoms with Gasteiger partial charge in [-0.1, -0.05) is 0 Å². The van der Waals surface area contributed by atoms with Crippen LogP contribution in [0.3, 0.4) is 0 Å². The van der Waals surface area contributed by atoms with Crippen molar-refractivity contribution < 1.29 is 18.3 Å². The summed E-state index contributed by atoms with van der Waals surface area (Å²) in [6, 6.07) is 1.34. The Morgan fingerprint density at radius 3 is 2.80 bits per heavy atom. The molecule has 6 heteroatoms. The van der Waals surface area contributed by atoms with Gasteiger partial charge in [-0.15, -0.1) is 0 Å². The minimum absolute atomic E-state index is 0.111. The van der Waals surface area contributed by atoms with Gasteiger partial charge in [-0.2, -0.15) is 5.10 Å². The largest absolute Gasteiger partial charge is 0.464 e. The molecule has 1 aromatic rings. The normalized spacial score (nSPS) is 17.9. The quantitative estimate of drug-likeness (QED) is 0.779. The lowest BCUT2D eigenvalue weighted by atomic mass is 10.0. The summed E-state index contributed by atoms with van der Waals surface area (Å²) < 4.78 is 29.8. The van der Waals surface area contributed by atoms with Gasteiger partial charge in [0.2, 0.25) is 6.43 Å². The van der Waals surface area contributed by atoms with Crippen LogP contribution >= 0.6 is 0 Å². The molecule has 1 aliphatic rings. The van der Waals surface area contributed by atoms with Crippen molar-refractivity contribution in [3.8, 4) is 0 Å². The SMILES string of the molecule is COC(=O)c1cc(C2(C(F)F)CC2)n[nH]1. The summed E-state index contributed by atoms with van der Waals surface area (Å²) in [5, 5.41) is 6.13. The van der Waals surface area contributed by atoms with Gasteiger partial charge in [0.15, 0.2) is 0 Å². The minimum atomic E-state index is -2.44. The molecule has 1 aromatic heterocycles. The van der Waals surface area contributed by atoms with E-state index in [0.717, 1.165) is 0 Å². The average molecular weight is 216 g/mol. The van der Waals surface area contributed by atoms with Crippen LogP contribution in [0.4, 0.5) is 8.78 Å². The number of aromatic nitrogens is 2. The molecule has 0 bridgehead atoms. The third-order valence-corrected chi connectivity index (χ3v) is 2.70. The second-order valence-corrected chi connectivity index (χ2v) is 3.62. The summed E-state index contributed by atoms with van der Waals surface area (Å²) in [5.74, 6) is -0.598. The van der Waals surface area contributed by atoms with Crippen molar-refractivity contribution in [2.75, 3.05) is 7.11 Å². The highest BCUT2D eigenvalue weighted by molar-refractivity contribution is 5.87. The number of aromatic amines is 1. The zero-order valence-electron chi connectivity index (χ0n) is 8.09. The maximum Gasteiger partial charge on any atom is 0.356 e. The molecule has 0 aliphatic heterocycles. The second kappa shape index (κ2) is 3.29. The summed E-state index contributed by atoms with van der Waals surface area (Å²) in [6.45, 7) is 0. The Balaban J connectivity index is 2.24. The van der Waals surface area contributed by atoms with Gasteiger partial charge in [-0.05, 0) is 18.9 Å². The van der Waals surface area contributed by atoms with E-state index in [9.17, 15) is 13.6 Å². The van der Waals surface area contributed by atoms with Crippen molar-refractivity contribution in [1.82, 2.24) is 10.2 Å². The molecular weight excluding hydrogens is 206 g/mol. The first kappa shape index (κ1) is 10.1. The lowest BCUT2D eigenvalue weighted by Gasteiger charge is -2.09. The van der Waals surface area contributed by atoms with Crippen LogP contribution in [0.15, 0.2) is 6.07 Å². The molecule has 15 heavy (non-hydrogen) atoms. The highest BCUT2D eigenvalue weighted by atomic mass is 19.3. The molecular formula is C9H10F2N2O2. The van der Waals surface area contributed by atoms with Crippen LogP contribution in [0.2, 0.25) is 0 Å². The fourth-order valence-corrected chi connectivity index (χ4v) is 1.51. The van der Waals surface area contributed by atoms with Crippen LogP contribution in [0.1, 0.15) is 29.0 Å². The van der Waals surface area contributed by atoms with Crippen LogP contribution in [0, 0.1) is 0 Å². The van der Waals surface area contributed by atoms with Gasteiger partial charge >= 0.3 is 5.97 Å². The smallest absolute Gasteiger partial charge is 0.356 e. The highest BCUT2D eigenvalue weighted by Gasteiger charge is 2.54. The number of methoxy groups -OCH3 is 1. The van der Waals surface area contributed by atoms with Crippen molar-refractivity contribution in [1.29, 1.82) is 0 Å². The lowest BCUT2D eigenvalue weighted by Crippen LogP contribution is -2.17. The van der Waals surface area contributed by atoms with Crippen LogP contribution in [-0.4, -0.2) is 29.7 Å². The molecule has 82 valence electrons. The number of carbonyl (C=O) groups excluding carboxylic acids is 1. The number of hydrogen-bond acceptors (Lipinski definition) is 3. The molecule has 1 N–H and O–H groups in total. The van der Waals surface area contributed by atoms with Crippen molar-refractivity contribution in [3.63, 3.8) is 0 Å². The number of nitrogens with one attached hydrogen (secondary N) is 1. The number of ether oxygens (including phenoxy) is 1. The molecule has 0 aromatic carbocycles. The summed E-state index contributed by atoms with van der Waals surface area (Å²) in [6.07, 6.45) is -1.61. The van der Waals surface area contributed by atoms with Gasteiger partial charge in [0.25, 0.3) is 0 Å². The number of alkyl halides is 2. The van der Waals surface area contributed by atoms with E-state index in [1.807, 2.05) is 0 Å². The Kier molecular flexibility index (Phi) is 2.21. The zero-order chi connectivity index (χ0) is 11.1. The molecule has 1 aliphatic carbocycles. The van der Waals surface area contributed by atoms with Crippen LogP contribution < -0.4 is 0 Å². The van der Waals surface area contributed by atoms with E-state index in [-0.39, 0.29) is 11.4 Å². The van der Waals surface area contributed by atoms with E-state index in [0.29, 0.717) is 12.8 Å². The summed E-state index contributed by atoms with van der Waals surface area (Å²) in [4.78, 5) is 11.1. The Morgan fingerprint density at radius 1 is 1.67 bits per heavy atom. The number of nitrogens with zero attached hydrogens (tertiary/aromatic N) is 1. The van der Waals surface area contributed by atoms with E-state index in [1.54, 1.807) is 0 Å². The molecule has 0 saturated heterocycles. The van der Waals surface area contributed by atoms with E-state index in [1.165, 1.54) is 13.2 Å². The Labute approximate surface area is 84.6 Å². The number of H-pyrrole nitrogens is 1. The molecule has 0 unspecified atom stereocenters. The standard InChI is InChI=1S/C9H10F2N2O2/c1-15-7(14)5-4-6(13-12-5)9(2-3-9)8(10)11/h4,8H,2-3H2,1H3,(H,12,13). The summed E-state index contributed by atoms with van der Waals surface area (Å²) >= 11 is 0. The van der Waals surface area contributed by atoms with Crippen LogP contribution in [0.25, 0.3) is 0 Å². The molecule has 4 nitrogen and oxygen atoms in total. The monoisotopic (exact) mass is 216 g/mol. The van der Waals surface area contributed by atoms with Gasteiger partial charge in [-0.3, -0.25) is 5.10 Å². The predicted molar refractivity (Wildman–Crippen MR) is 46.8 cm³/mol. The maximum atomic E-state index is 12.7. The first-order chi connectivity index (χ1) is 7.10. The first-order valence-electron chi connectivity index (χ1n) is 4.52. The molecule has 0 spiro atoms. The number of rotatable bonds is 3. The van der Waals surface area contributed by atoms with Gasteiger partial charge < -0.3 is 4.74 Å². The van der Waals surface area contributed by atoms with Gasteiger partial charge in [0.1, 0.15) is 5.69 Å². The van der Waals surface area contributed by atoms with Crippen molar-refractivity contribution in [2.24, 2.45) is 0 Å². The van der Waals surface area contributed by atoms with Crippen molar-refractivity contribution in [2.45, 2.75) is 24.7 Å². The summed E-state index contributed by atoms with van der Waals surface area (Å²) in [7, 11) is 1.23. The van der Waals surface area contributed by atoms with E-state index in [2.05, 4.69) is 14.9 Å². The van der Waals surface area contributed by atoms with E-state index >= 15 is 0 Å². The molecule has 1 heterocycles. The predicted octanol–water partition coefficient (Wildman–Crippen LogP) is 1.49. The molecule has 1 fully saturated rings. The fourth-order valence-electron chi connectivity index (χ4n) is 1.51. The third-order valence-electron chi connectivity index (χ3n) is 2.70. The summed E-state index contributed by atoms with van der Waals surface area (Å²) in [5.41, 5.74) is -0.778. The van der Waals surface area contributed by atoms with E-state index < -0.39 is 17.8 Å². The number of halogens is 2. The van der Waals surface area contributed by atoms with Crippen LogP contribution in [-0.2, 0) is 10.2 Å². The Hall–Kier alpha value is -1.46. The molecule has 0 amide bonds. The van der Waals surface area contributed by atoms with Crippen LogP contribution in [0.5, 0.6) is 0 Å². The lowest BCUT2D eigenvalue weighted by molar-refractivity contribution is 0.0593. The number of carbonyl (C=O) groups is 1. The molecule has 2 rings (SSSR count). The van der Waals surface area contributed by atoms with E-state index in [4.69, 9.17) is 0 Å². The first-order valence-corrected chi connectivity index (χ1v) is 4.52. The van der Waals surface area contributed by atoms with Crippen molar-refractivity contribution >= 4 is 5.97 Å². The molecule has 0 atom stereocenters. The Bertz CT molecular complexity index is 385.